The Morgan fingerprint density at radius 1 is 1.28 bits per heavy atom. The number of benzene rings is 1. The number of hydrogen-bond donors (Lipinski definition) is 1. The summed E-state index contributed by atoms with van der Waals surface area (Å²) in [5, 5.41) is 3.27. The van der Waals surface area contributed by atoms with E-state index in [-0.39, 0.29) is 10.2 Å². The Balaban J connectivity index is 2.49. The number of nitrogens with one attached hydrogen (secondary N) is 1. The lowest BCUT2D eigenvalue weighted by molar-refractivity contribution is 0.454. The third kappa shape index (κ3) is 2.57. The molecule has 1 aromatic heterocycles. The topological polar surface area (TPSA) is 25.2 Å². The molecule has 0 bridgehead atoms. The van der Waals surface area contributed by atoms with E-state index in [4.69, 9.17) is 27.6 Å². The predicted molar refractivity (Wildman–Crippen MR) is 73.7 cm³/mol. The molecule has 1 heterocycles. The average Bonchev–Trinajstić information content (AvgIpc) is 2.77. The maximum absolute atomic E-state index is 14.1. The fourth-order valence-electron chi connectivity index (χ4n) is 1.70. The smallest absolute Gasteiger partial charge is 0.193 e. The molecule has 1 N–H and O–H groups in total. The largest absolute Gasteiger partial charge is 0.448 e. The Labute approximate surface area is 122 Å². The van der Waals surface area contributed by atoms with Crippen LogP contribution < -0.4 is 5.32 Å². The van der Waals surface area contributed by atoms with E-state index in [1.807, 2.05) is 0 Å². The van der Waals surface area contributed by atoms with Crippen LogP contribution in [0.15, 0.2) is 33.2 Å². The molecule has 6 heteroatoms. The van der Waals surface area contributed by atoms with Crippen molar-refractivity contribution in [1.82, 2.24) is 5.32 Å². The van der Waals surface area contributed by atoms with Crippen LogP contribution in [0.2, 0.25) is 10.2 Å². The summed E-state index contributed by atoms with van der Waals surface area (Å²) in [4.78, 5) is 0. The molecule has 1 unspecified atom stereocenters. The van der Waals surface area contributed by atoms with Crippen LogP contribution in [0.5, 0.6) is 0 Å². The molecule has 1 aromatic carbocycles. The Hall–Kier alpha value is -0.550. The van der Waals surface area contributed by atoms with Crippen molar-refractivity contribution in [2.75, 3.05) is 7.05 Å². The molecule has 2 rings (SSSR count). The minimum absolute atomic E-state index is 0.0467. The van der Waals surface area contributed by atoms with Gasteiger partial charge in [0.2, 0.25) is 0 Å². The molecular formula is C12H9BrCl2FNO. The molecule has 1 atom stereocenters. The molecule has 2 nitrogen and oxygen atoms in total. The highest BCUT2D eigenvalue weighted by molar-refractivity contribution is 9.10. The van der Waals surface area contributed by atoms with E-state index < -0.39 is 11.9 Å². The first-order valence-corrected chi connectivity index (χ1v) is 6.65. The molecule has 0 aliphatic carbocycles. The van der Waals surface area contributed by atoms with Gasteiger partial charge >= 0.3 is 0 Å². The van der Waals surface area contributed by atoms with Crippen LogP contribution in [-0.4, -0.2) is 7.05 Å². The minimum Gasteiger partial charge on any atom is -0.448 e. The van der Waals surface area contributed by atoms with Gasteiger partial charge in [0.1, 0.15) is 11.6 Å². The van der Waals surface area contributed by atoms with Crippen molar-refractivity contribution in [3.05, 3.63) is 56.1 Å². The van der Waals surface area contributed by atoms with Gasteiger partial charge < -0.3 is 9.73 Å². The maximum Gasteiger partial charge on any atom is 0.193 e. The van der Waals surface area contributed by atoms with Crippen LogP contribution in [0.3, 0.4) is 0 Å². The van der Waals surface area contributed by atoms with E-state index in [0.29, 0.717) is 15.8 Å². The molecule has 2 aromatic rings. The van der Waals surface area contributed by atoms with E-state index in [0.717, 1.165) is 0 Å². The lowest BCUT2D eigenvalue weighted by Crippen LogP contribution is -2.18. The van der Waals surface area contributed by atoms with Gasteiger partial charge in [-0.25, -0.2) is 4.39 Å². The summed E-state index contributed by atoms with van der Waals surface area (Å²) in [5.74, 6) is 0.0395. The molecule has 0 spiro atoms. The van der Waals surface area contributed by atoms with Crippen LogP contribution in [0.1, 0.15) is 17.4 Å². The fourth-order valence-corrected chi connectivity index (χ4v) is 2.33. The summed E-state index contributed by atoms with van der Waals surface area (Å²) in [6.45, 7) is 0. The van der Waals surface area contributed by atoms with Gasteiger partial charge in [-0.2, -0.15) is 0 Å². The van der Waals surface area contributed by atoms with Crippen molar-refractivity contribution in [2.24, 2.45) is 0 Å². The first kappa shape index (κ1) is 13.9. The first-order chi connectivity index (χ1) is 8.54. The van der Waals surface area contributed by atoms with Crippen LogP contribution in [0, 0.1) is 5.82 Å². The summed E-state index contributed by atoms with van der Waals surface area (Å²) in [6, 6.07) is 6.19. The minimum atomic E-state index is -0.488. The molecule has 0 fully saturated rings. The van der Waals surface area contributed by atoms with Gasteiger partial charge in [0, 0.05) is 10.0 Å². The Morgan fingerprint density at radius 3 is 2.56 bits per heavy atom. The maximum atomic E-state index is 14.1. The zero-order valence-corrected chi connectivity index (χ0v) is 12.4. The molecule has 0 amide bonds. The third-order valence-corrected chi connectivity index (χ3v) is 4.01. The van der Waals surface area contributed by atoms with E-state index in [9.17, 15) is 4.39 Å². The zero-order valence-electron chi connectivity index (χ0n) is 9.31. The van der Waals surface area contributed by atoms with Crippen molar-refractivity contribution in [2.45, 2.75) is 6.04 Å². The Morgan fingerprint density at radius 2 is 2.00 bits per heavy atom. The summed E-state index contributed by atoms with van der Waals surface area (Å²) < 4.78 is 19.9. The van der Waals surface area contributed by atoms with E-state index in [1.54, 1.807) is 31.3 Å². The highest BCUT2D eigenvalue weighted by Gasteiger charge is 2.22. The van der Waals surface area contributed by atoms with Crippen molar-refractivity contribution in [3.8, 4) is 0 Å². The normalized spacial score (nSPS) is 12.7. The Kier molecular flexibility index (Phi) is 4.33. The van der Waals surface area contributed by atoms with Crippen LogP contribution >= 0.6 is 39.1 Å². The fraction of sp³-hybridized carbons (Fsp3) is 0.167. The highest BCUT2D eigenvalue weighted by atomic mass is 79.9. The standard InChI is InChI=1S/C12H9BrCl2FNO/c1-17-12(8-4-5-9(14)18-8)6-2-3-7(13)10(15)11(6)16/h2-5,12,17H,1H3. The van der Waals surface area contributed by atoms with Gasteiger partial charge in [-0.3, -0.25) is 0 Å². The SMILES string of the molecule is CNC(c1ccc(Cl)o1)c1ccc(Br)c(Cl)c1F. The van der Waals surface area contributed by atoms with Gasteiger partial charge in [0.05, 0.1) is 11.1 Å². The second kappa shape index (κ2) is 5.61. The summed E-state index contributed by atoms with van der Waals surface area (Å²) >= 11 is 14.8. The number of halogens is 4. The zero-order chi connectivity index (χ0) is 13.3. The monoisotopic (exact) mass is 351 g/mol. The van der Waals surface area contributed by atoms with Crippen LogP contribution in [0.25, 0.3) is 0 Å². The molecule has 18 heavy (non-hydrogen) atoms. The van der Waals surface area contributed by atoms with E-state index in [1.165, 1.54) is 0 Å². The summed E-state index contributed by atoms with van der Waals surface area (Å²) in [6.07, 6.45) is 0. The molecular weight excluding hydrogens is 344 g/mol. The van der Waals surface area contributed by atoms with Crippen molar-refractivity contribution >= 4 is 39.1 Å². The summed E-state index contributed by atoms with van der Waals surface area (Å²) in [7, 11) is 1.70. The molecule has 0 radical (unpaired) electrons. The molecule has 0 saturated carbocycles. The van der Waals surface area contributed by atoms with Gasteiger partial charge in [-0.15, -0.1) is 0 Å². The van der Waals surface area contributed by atoms with Crippen molar-refractivity contribution in [1.29, 1.82) is 0 Å². The first-order valence-electron chi connectivity index (χ1n) is 5.10. The quantitative estimate of drug-likeness (QED) is 0.803. The van der Waals surface area contributed by atoms with Gasteiger partial charge in [-0.1, -0.05) is 17.7 Å². The molecule has 96 valence electrons. The van der Waals surface area contributed by atoms with Crippen LogP contribution in [-0.2, 0) is 0 Å². The second-order valence-corrected chi connectivity index (χ2v) is 5.23. The van der Waals surface area contributed by atoms with Gasteiger partial charge in [-0.05, 0) is 52.8 Å². The third-order valence-electron chi connectivity index (χ3n) is 2.54. The van der Waals surface area contributed by atoms with Crippen LogP contribution in [0.4, 0.5) is 4.39 Å². The molecule has 0 saturated heterocycles. The highest BCUT2D eigenvalue weighted by Crippen LogP contribution is 2.33. The van der Waals surface area contributed by atoms with E-state index >= 15 is 0 Å². The van der Waals surface area contributed by atoms with Crippen molar-refractivity contribution in [3.63, 3.8) is 0 Å². The molecule has 0 aliphatic rings. The lowest BCUT2D eigenvalue weighted by atomic mass is 10.0. The van der Waals surface area contributed by atoms with Crippen molar-refractivity contribution < 1.29 is 8.81 Å². The average molecular weight is 353 g/mol. The number of furan rings is 1. The second-order valence-electron chi connectivity index (χ2n) is 3.63. The predicted octanol–water partition coefficient (Wildman–Crippen LogP) is 4.80. The van der Waals surface area contributed by atoms with Gasteiger partial charge in [0.25, 0.3) is 0 Å². The number of rotatable bonds is 3. The van der Waals surface area contributed by atoms with Gasteiger partial charge in [0.15, 0.2) is 5.22 Å². The lowest BCUT2D eigenvalue weighted by Gasteiger charge is -2.16. The summed E-state index contributed by atoms with van der Waals surface area (Å²) in [5.41, 5.74) is 0.400. The Bertz CT molecular complexity index is 573. The number of hydrogen-bond acceptors (Lipinski definition) is 2. The molecule has 0 aliphatic heterocycles. The van der Waals surface area contributed by atoms with E-state index in [2.05, 4.69) is 21.2 Å².